The molecule has 1 aromatic heterocycles. The summed E-state index contributed by atoms with van der Waals surface area (Å²) in [6.45, 7) is 4.98. The first kappa shape index (κ1) is 22.3. The first-order valence-electron chi connectivity index (χ1n) is 9.19. The normalized spacial score (nSPS) is 12.5. The summed E-state index contributed by atoms with van der Waals surface area (Å²) in [5.74, 6) is -1.30. The molecule has 154 valence electrons. The molecule has 0 bridgehead atoms. The lowest BCUT2D eigenvalue weighted by Crippen LogP contribution is -2.35. The molecule has 2 amide bonds. The topological polar surface area (TPSA) is 102 Å². The van der Waals surface area contributed by atoms with Crippen molar-refractivity contribution in [3.63, 3.8) is 0 Å². The third kappa shape index (κ3) is 7.15. The average Bonchev–Trinajstić information content (AvgIpc) is 3.15. The second-order valence-corrected chi connectivity index (χ2v) is 7.79. The first-order valence-corrected chi connectivity index (χ1v) is 10.0. The van der Waals surface area contributed by atoms with Gasteiger partial charge in [-0.3, -0.25) is 19.2 Å². The highest BCUT2D eigenvalue weighted by molar-refractivity contribution is 7.14. The number of Topliss-reactive ketones (excluding diaryl/α,β-unsaturated/α-hetero) is 1. The highest BCUT2D eigenvalue weighted by Crippen LogP contribution is 2.19. The van der Waals surface area contributed by atoms with Crippen LogP contribution in [0.25, 0.3) is 0 Å². The van der Waals surface area contributed by atoms with E-state index in [4.69, 9.17) is 4.74 Å². The molecule has 1 heterocycles. The molecule has 2 atom stereocenters. The molecule has 0 fully saturated rings. The van der Waals surface area contributed by atoms with E-state index in [1.54, 1.807) is 43.3 Å². The molecule has 0 saturated heterocycles. The van der Waals surface area contributed by atoms with Gasteiger partial charge in [0.05, 0.1) is 17.8 Å². The molecule has 29 heavy (non-hydrogen) atoms. The Morgan fingerprint density at radius 1 is 1.03 bits per heavy atom. The van der Waals surface area contributed by atoms with Crippen LogP contribution in [-0.4, -0.2) is 35.7 Å². The molecule has 2 aromatic rings. The maximum atomic E-state index is 12.5. The minimum atomic E-state index is -0.938. The van der Waals surface area contributed by atoms with Gasteiger partial charge in [-0.25, -0.2) is 0 Å². The molecule has 0 aliphatic heterocycles. The van der Waals surface area contributed by atoms with Crippen LogP contribution in [0.4, 0.5) is 0 Å². The van der Waals surface area contributed by atoms with Gasteiger partial charge in [0.2, 0.25) is 11.7 Å². The van der Waals surface area contributed by atoms with Crippen LogP contribution in [-0.2, 0) is 20.9 Å². The van der Waals surface area contributed by atoms with Gasteiger partial charge in [-0.2, -0.15) is 0 Å². The molecule has 0 spiro atoms. The molecule has 0 aliphatic carbocycles. The first-order chi connectivity index (χ1) is 13.8. The number of thiophene rings is 1. The number of hydrogen-bond acceptors (Lipinski definition) is 6. The molecular formula is C21H24N2O5S. The van der Waals surface area contributed by atoms with Crippen LogP contribution < -0.4 is 10.6 Å². The monoisotopic (exact) mass is 416 g/mol. The largest absolute Gasteiger partial charge is 0.454 e. The van der Waals surface area contributed by atoms with Gasteiger partial charge in [0.1, 0.15) is 0 Å². The van der Waals surface area contributed by atoms with Crippen molar-refractivity contribution in [2.24, 2.45) is 0 Å². The van der Waals surface area contributed by atoms with E-state index < -0.39 is 18.1 Å². The Morgan fingerprint density at radius 3 is 2.38 bits per heavy atom. The molecule has 2 N–H and O–H groups in total. The van der Waals surface area contributed by atoms with Crippen LogP contribution in [0.1, 0.15) is 52.1 Å². The van der Waals surface area contributed by atoms with Crippen molar-refractivity contribution >= 4 is 34.9 Å². The zero-order valence-electron chi connectivity index (χ0n) is 16.6. The van der Waals surface area contributed by atoms with Gasteiger partial charge in [0, 0.05) is 23.4 Å². The highest BCUT2D eigenvalue weighted by atomic mass is 32.1. The summed E-state index contributed by atoms with van der Waals surface area (Å²) in [7, 11) is 0. The Bertz CT molecular complexity index is 878. The standard InChI is InChI=1S/C21H24N2O5S/c1-13(23-21(27)16-7-5-4-6-8-16)11-19(25)28-14(2)20(26)18-10-9-17(29-18)12-22-15(3)24/h4-10,13-14H,11-12H2,1-3H3,(H,22,24)(H,23,27). The Labute approximate surface area is 173 Å². The number of carbonyl (C=O) groups is 4. The van der Waals surface area contributed by atoms with Crippen molar-refractivity contribution in [1.29, 1.82) is 0 Å². The minimum Gasteiger partial charge on any atom is -0.454 e. The number of rotatable bonds is 9. The van der Waals surface area contributed by atoms with E-state index in [9.17, 15) is 19.2 Å². The van der Waals surface area contributed by atoms with Gasteiger partial charge < -0.3 is 15.4 Å². The number of benzene rings is 1. The summed E-state index contributed by atoms with van der Waals surface area (Å²) in [6.07, 6.45) is -0.985. The van der Waals surface area contributed by atoms with Crippen molar-refractivity contribution in [2.75, 3.05) is 0 Å². The number of ether oxygens (including phenoxy) is 1. The van der Waals surface area contributed by atoms with Gasteiger partial charge in [-0.1, -0.05) is 18.2 Å². The number of ketones is 1. The number of amides is 2. The lowest BCUT2D eigenvalue weighted by Gasteiger charge is -2.16. The zero-order chi connectivity index (χ0) is 21.4. The smallest absolute Gasteiger partial charge is 0.308 e. The van der Waals surface area contributed by atoms with Gasteiger partial charge >= 0.3 is 5.97 Å². The lowest BCUT2D eigenvalue weighted by molar-refractivity contribution is -0.146. The fraction of sp³-hybridized carbons (Fsp3) is 0.333. The van der Waals surface area contributed by atoms with E-state index >= 15 is 0 Å². The second kappa shape index (κ2) is 10.5. The van der Waals surface area contributed by atoms with E-state index in [1.165, 1.54) is 25.2 Å². The van der Waals surface area contributed by atoms with Crippen molar-refractivity contribution in [3.05, 3.63) is 57.8 Å². The summed E-state index contributed by atoms with van der Waals surface area (Å²) >= 11 is 1.25. The number of carbonyl (C=O) groups excluding carboxylic acids is 4. The van der Waals surface area contributed by atoms with Crippen LogP contribution >= 0.6 is 11.3 Å². The summed E-state index contributed by atoms with van der Waals surface area (Å²) in [6, 6.07) is 11.7. The molecular weight excluding hydrogens is 392 g/mol. The van der Waals surface area contributed by atoms with Gasteiger partial charge in [-0.05, 0) is 38.1 Å². The highest BCUT2D eigenvalue weighted by Gasteiger charge is 2.22. The van der Waals surface area contributed by atoms with Crippen molar-refractivity contribution in [3.8, 4) is 0 Å². The summed E-state index contributed by atoms with van der Waals surface area (Å²) in [5, 5.41) is 5.40. The number of nitrogens with one attached hydrogen (secondary N) is 2. The quantitative estimate of drug-likeness (QED) is 0.483. The summed E-state index contributed by atoms with van der Waals surface area (Å²) in [5.41, 5.74) is 0.504. The Hall–Kier alpha value is -3.00. The molecule has 2 rings (SSSR count). The SMILES string of the molecule is CC(=O)NCc1ccc(C(=O)C(C)OC(=O)CC(C)NC(=O)c2ccccc2)s1. The maximum Gasteiger partial charge on any atom is 0.308 e. The predicted octanol–water partition coefficient (Wildman–Crippen LogP) is 2.71. The summed E-state index contributed by atoms with van der Waals surface area (Å²) in [4.78, 5) is 48.9. The maximum absolute atomic E-state index is 12.5. The molecule has 7 nitrogen and oxygen atoms in total. The second-order valence-electron chi connectivity index (χ2n) is 6.62. The minimum absolute atomic E-state index is 0.0472. The number of hydrogen-bond donors (Lipinski definition) is 2. The third-order valence-corrected chi connectivity index (χ3v) is 5.08. The van der Waals surface area contributed by atoms with Crippen molar-refractivity contribution < 1.29 is 23.9 Å². The molecule has 0 radical (unpaired) electrons. The van der Waals surface area contributed by atoms with E-state index in [0.717, 1.165) is 4.88 Å². The number of esters is 1. The predicted molar refractivity (Wildman–Crippen MR) is 110 cm³/mol. The van der Waals surface area contributed by atoms with Gasteiger partial charge in [0.15, 0.2) is 6.10 Å². The molecule has 1 aromatic carbocycles. The van der Waals surface area contributed by atoms with E-state index in [-0.39, 0.29) is 24.0 Å². The van der Waals surface area contributed by atoms with E-state index in [2.05, 4.69) is 10.6 Å². The van der Waals surface area contributed by atoms with Crippen molar-refractivity contribution in [1.82, 2.24) is 10.6 Å². The van der Waals surface area contributed by atoms with Crippen LogP contribution in [0.2, 0.25) is 0 Å². The van der Waals surface area contributed by atoms with Crippen molar-refractivity contribution in [2.45, 2.75) is 45.9 Å². The van der Waals surface area contributed by atoms with Crippen LogP contribution in [0.15, 0.2) is 42.5 Å². The Kier molecular flexibility index (Phi) is 8.09. The van der Waals surface area contributed by atoms with Gasteiger partial charge in [0.25, 0.3) is 5.91 Å². The van der Waals surface area contributed by atoms with Crippen LogP contribution in [0.5, 0.6) is 0 Å². The van der Waals surface area contributed by atoms with Gasteiger partial charge in [-0.15, -0.1) is 11.3 Å². The van der Waals surface area contributed by atoms with Crippen LogP contribution in [0, 0.1) is 0 Å². The third-order valence-electron chi connectivity index (χ3n) is 3.98. The Balaban J connectivity index is 1.82. The fourth-order valence-corrected chi connectivity index (χ4v) is 3.48. The summed E-state index contributed by atoms with van der Waals surface area (Å²) < 4.78 is 5.23. The van der Waals surface area contributed by atoms with E-state index in [0.29, 0.717) is 17.0 Å². The average molecular weight is 416 g/mol. The lowest BCUT2D eigenvalue weighted by atomic mass is 10.1. The Morgan fingerprint density at radius 2 is 1.72 bits per heavy atom. The van der Waals surface area contributed by atoms with Crippen LogP contribution in [0.3, 0.4) is 0 Å². The molecule has 2 unspecified atom stereocenters. The zero-order valence-corrected chi connectivity index (χ0v) is 17.4. The molecule has 8 heteroatoms. The fourth-order valence-electron chi connectivity index (χ4n) is 2.51. The molecule has 0 aliphatic rings. The molecule has 0 saturated carbocycles. The van der Waals surface area contributed by atoms with E-state index in [1.807, 2.05) is 6.07 Å².